The van der Waals surface area contributed by atoms with Gasteiger partial charge in [-0.15, -0.1) is 0 Å². The fraction of sp³-hybridized carbons (Fsp3) is 0.647. The SMILES string of the molecule is CCC(NC1CC2CCC(C1)N2C)c1ccccc1. The molecule has 2 aliphatic rings. The van der Waals surface area contributed by atoms with Crippen LogP contribution in [-0.4, -0.2) is 30.1 Å². The number of benzene rings is 1. The predicted molar refractivity (Wildman–Crippen MR) is 80.2 cm³/mol. The van der Waals surface area contributed by atoms with Gasteiger partial charge in [-0.2, -0.15) is 0 Å². The van der Waals surface area contributed by atoms with Crippen LogP contribution >= 0.6 is 0 Å². The van der Waals surface area contributed by atoms with E-state index in [0.717, 1.165) is 12.1 Å². The van der Waals surface area contributed by atoms with Crippen molar-refractivity contribution >= 4 is 0 Å². The lowest BCUT2D eigenvalue weighted by Gasteiger charge is -2.38. The van der Waals surface area contributed by atoms with Crippen LogP contribution in [0.3, 0.4) is 0 Å². The Balaban J connectivity index is 1.65. The van der Waals surface area contributed by atoms with E-state index >= 15 is 0 Å². The summed E-state index contributed by atoms with van der Waals surface area (Å²) in [5.41, 5.74) is 1.44. The molecule has 1 aromatic carbocycles. The van der Waals surface area contributed by atoms with Gasteiger partial charge < -0.3 is 10.2 Å². The molecule has 0 spiro atoms. The van der Waals surface area contributed by atoms with Crippen molar-refractivity contribution in [3.63, 3.8) is 0 Å². The standard InChI is InChI=1S/C17H26N2/c1-3-17(13-7-5-4-6-8-13)18-14-11-15-9-10-16(12-14)19(15)2/h4-8,14-18H,3,9-12H2,1-2H3. The zero-order valence-corrected chi connectivity index (χ0v) is 12.2. The third-order valence-corrected chi connectivity index (χ3v) is 5.15. The first-order valence-electron chi connectivity index (χ1n) is 7.81. The molecule has 0 aliphatic carbocycles. The van der Waals surface area contributed by atoms with E-state index < -0.39 is 0 Å². The van der Waals surface area contributed by atoms with Gasteiger partial charge in [-0.25, -0.2) is 0 Å². The monoisotopic (exact) mass is 258 g/mol. The second-order valence-corrected chi connectivity index (χ2v) is 6.26. The van der Waals surface area contributed by atoms with Gasteiger partial charge in [-0.1, -0.05) is 37.3 Å². The summed E-state index contributed by atoms with van der Waals surface area (Å²) in [6.07, 6.45) is 6.64. The largest absolute Gasteiger partial charge is 0.307 e. The summed E-state index contributed by atoms with van der Waals surface area (Å²) in [4.78, 5) is 2.61. The molecular formula is C17H26N2. The van der Waals surface area contributed by atoms with Crippen LogP contribution in [0, 0.1) is 0 Å². The van der Waals surface area contributed by atoms with E-state index in [-0.39, 0.29) is 0 Å². The fourth-order valence-electron chi connectivity index (χ4n) is 3.97. The maximum absolute atomic E-state index is 3.92. The number of fused-ring (bicyclic) bond motifs is 2. The van der Waals surface area contributed by atoms with E-state index in [1.807, 2.05) is 0 Å². The topological polar surface area (TPSA) is 15.3 Å². The van der Waals surface area contributed by atoms with Gasteiger partial charge in [0.15, 0.2) is 0 Å². The molecule has 1 aromatic rings. The third kappa shape index (κ3) is 2.70. The van der Waals surface area contributed by atoms with E-state index in [4.69, 9.17) is 0 Å². The Morgan fingerprint density at radius 1 is 1.16 bits per heavy atom. The van der Waals surface area contributed by atoms with Crippen molar-refractivity contribution in [1.82, 2.24) is 10.2 Å². The molecule has 104 valence electrons. The molecule has 2 aliphatic heterocycles. The van der Waals surface area contributed by atoms with Crippen molar-refractivity contribution in [2.75, 3.05) is 7.05 Å². The van der Waals surface area contributed by atoms with Gasteiger partial charge in [-0.05, 0) is 44.7 Å². The van der Waals surface area contributed by atoms with Crippen LogP contribution in [0.4, 0.5) is 0 Å². The van der Waals surface area contributed by atoms with Crippen LogP contribution in [0.1, 0.15) is 50.6 Å². The van der Waals surface area contributed by atoms with Gasteiger partial charge in [0.1, 0.15) is 0 Å². The Labute approximate surface area is 117 Å². The van der Waals surface area contributed by atoms with Crippen molar-refractivity contribution < 1.29 is 0 Å². The second kappa shape index (κ2) is 5.64. The number of hydrogen-bond acceptors (Lipinski definition) is 2. The van der Waals surface area contributed by atoms with Gasteiger partial charge in [0.05, 0.1) is 0 Å². The van der Waals surface area contributed by atoms with Gasteiger partial charge in [0, 0.05) is 24.2 Å². The van der Waals surface area contributed by atoms with Crippen molar-refractivity contribution in [2.24, 2.45) is 0 Å². The molecule has 3 rings (SSSR count). The molecule has 2 saturated heterocycles. The first-order valence-corrected chi connectivity index (χ1v) is 7.81. The van der Waals surface area contributed by atoms with Gasteiger partial charge in [0.25, 0.3) is 0 Å². The third-order valence-electron chi connectivity index (χ3n) is 5.15. The quantitative estimate of drug-likeness (QED) is 0.891. The summed E-state index contributed by atoms with van der Waals surface area (Å²) in [6.45, 7) is 2.29. The molecule has 2 nitrogen and oxygen atoms in total. The Bertz CT molecular complexity index is 389. The normalized spacial score (nSPS) is 32.4. The highest BCUT2D eigenvalue weighted by Gasteiger charge is 2.38. The molecule has 0 aromatic heterocycles. The first-order chi connectivity index (χ1) is 9.28. The van der Waals surface area contributed by atoms with Gasteiger partial charge in [0.2, 0.25) is 0 Å². The van der Waals surface area contributed by atoms with E-state index in [9.17, 15) is 0 Å². The smallest absolute Gasteiger partial charge is 0.0320 e. The fourth-order valence-corrected chi connectivity index (χ4v) is 3.97. The molecule has 2 bridgehead atoms. The van der Waals surface area contributed by atoms with Gasteiger partial charge >= 0.3 is 0 Å². The number of hydrogen-bond donors (Lipinski definition) is 1. The lowest BCUT2D eigenvalue weighted by molar-refractivity contribution is 0.142. The van der Waals surface area contributed by atoms with E-state index in [2.05, 4.69) is 54.5 Å². The number of piperidine rings is 1. The maximum atomic E-state index is 3.92. The summed E-state index contributed by atoms with van der Waals surface area (Å²) in [5, 5.41) is 3.92. The lowest BCUT2D eigenvalue weighted by Crippen LogP contribution is -2.48. The van der Waals surface area contributed by atoms with Crippen LogP contribution in [0.15, 0.2) is 30.3 Å². The molecule has 0 amide bonds. The van der Waals surface area contributed by atoms with E-state index in [1.165, 1.54) is 37.7 Å². The zero-order valence-electron chi connectivity index (χ0n) is 12.2. The highest BCUT2D eigenvalue weighted by molar-refractivity contribution is 5.19. The molecule has 19 heavy (non-hydrogen) atoms. The maximum Gasteiger partial charge on any atom is 0.0320 e. The number of nitrogens with one attached hydrogen (secondary N) is 1. The molecular weight excluding hydrogens is 232 g/mol. The highest BCUT2D eigenvalue weighted by Crippen LogP contribution is 2.35. The summed E-state index contributed by atoms with van der Waals surface area (Å²) in [5.74, 6) is 0. The Morgan fingerprint density at radius 2 is 1.79 bits per heavy atom. The summed E-state index contributed by atoms with van der Waals surface area (Å²) >= 11 is 0. The van der Waals surface area contributed by atoms with Gasteiger partial charge in [-0.3, -0.25) is 0 Å². The molecule has 0 saturated carbocycles. The van der Waals surface area contributed by atoms with Crippen molar-refractivity contribution in [3.8, 4) is 0 Å². The first kappa shape index (κ1) is 13.1. The molecule has 2 heteroatoms. The molecule has 1 N–H and O–H groups in total. The average molecular weight is 258 g/mol. The minimum Gasteiger partial charge on any atom is -0.307 e. The molecule has 3 atom stereocenters. The zero-order chi connectivity index (χ0) is 13.2. The predicted octanol–water partition coefficient (Wildman–Crippen LogP) is 3.35. The summed E-state index contributed by atoms with van der Waals surface area (Å²) in [7, 11) is 2.31. The molecule has 2 heterocycles. The summed E-state index contributed by atoms with van der Waals surface area (Å²) in [6, 6.07) is 13.8. The van der Waals surface area contributed by atoms with Crippen LogP contribution in [-0.2, 0) is 0 Å². The van der Waals surface area contributed by atoms with Crippen LogP contribution in [0.2, 0.25) is 0 Å². The van der Waals surface area contributed by atoms with Crippen LogP contribution < -0.4 is 5.32 Å². The summed E-state index contributed by atoms with van der Waals surface area (Å²) < 4.78 is 0. The number of nitrogens with zero attached hydrogens (tertiary/aromatic N) is 1. The van der Waals surface area contributed by atoms with Crippen molar-refractivity contribution in [2.45, 2.75) is 63.2 Å². The van der Waals surface area contributed by atoms with E-state index in [0.29, 0.717) is 12.1 Å². The Hall–Kier alpha value is -0.860. The Morgan fingerprint density at radius 3 is 2.37 bits per heavy atom. The Kier molecular flexibility index (Phi) is 3.90. The average Bonchev–Trinajstić information content (AvgIpc) is 2.67. The van der Waals surface area contributed by atoms with E-state index in [1.54, 1.807) is 0 Å². The van der Waals surface area contributed by atoms with Crippen molar-refractivity contribution in [1.29, 1.82) is 0 Å². The highest BCUT2D eigenvalue weighted by atomic mass is 15.2. The molecule has 2 fully saturated rings. The molecule has 0 radical (unpaired) electrons. The number of rotatable bonds is 4. The minimum absolute atomic E-state index is 0.522. The lowest BCUT2D eigenvalue weighted by atomic mass is 9.95. The van der Waals surface area contributed by atoms with Crippen molar-refractivity contribution in [3.05, 3.63) is 35.9 Å². The van der Waals surface area contributed by atoms with Crippen LogP contribution in [0.25, 0.3) is 0 Å². The minimum atomic E-state index is 0.522. The van der Waals surface area contributed by atoms with Crippen LogP contribution in [0.5, 0.6) is 0 Å². The molecule has 3 unspecified atom stereocenters. The second-order valence-electron chi connectivity index (χ2n) is 6.26.